The average molecular weight is 278 g/mol. The summed E-state index contributed by atoms with van der Waals surface area (Å²) in [5, 5.41) is 16.8. The monoisotopic (exact) mass is 278 g/mol. The standard InChI is InChI=1S/C15H22N2O3/c1-15(19)8-9-16-13(11-6-4-3-5-7-11)14(15)17-12(18)10-20-2/h3-7,13-14,16,19H,8-10H2,1-2H3,(H,17,18). The maximum atomic E-state index is 11.8. The Labute approximate surface area is 119 Å². The lowest BCUT2D eigenvalue weighted by atomic mass is 9.81. The number of benzene rings is 1. The number of carbonyl (C=O) groups is 1. The molecule has 1 saturated heterocycles. The van der Waals surface area contributed by atoms with Gasteiger partial charge in [-0.15, -0.1) is 0 Å². The molecule has 0 bridgehead atoms. The van der Waals surface area contributed by atoms with Gasteiger partial charge in [0.2, 0.25) is 5.91 Å². The Morgan fingerprint density at radius 1 is 1.50 bits per heavy atom. The van der Waals surface area contributed by atoms with Crippen molar-refractivity contribution < 1.29 is 14.6 Å². The van der Waals surface area contributed by atoms with Crippen LogP contribution in [0.1, 0.15) is 24.9 Å². The molecule has 1 heterocycles. The molecule has 5 nitrogen and oxygen atoms in total. The van der Waals surface area contributed by atoms with Crippen LogP contribution in [0.3, 0.4) is 0 Å². The quantitative estimate of drug-likeness (QED) is 0.754. The molecule has 0 radical (unpaired) electrons. The lowest BCUT2D eigenvalue weighted by Crippen LogP contribution is -2.61. The van der Waals surface area contributed by atoms with E-state index in [0.29, 0.717) is 13.0 Å². The Balaban J connectivity index is 2.21. The van der Waals surface area contributed by atoms with Crippen LogP contribution in [0.15, 0.2) is 30.3 Å². The number of hydrogen-bond acceptors (Lipinski definition) is 4. The largest absolute Gasteiger partial charge is 0.388 e. The lowest BCUT2D eigenvalue weighted by Gasteiger charge is -2.43. The number of piperidine rings is 1. The van der Waals surface area contributed by atoms with Crippen LogP contribution in [0.2, 0.25) is 0 Å². The van der Waals surface area contributed by atoms with Gasteiger partial charge in [0, 0.05) is 7.11 Å². The highest BCUT2D eigenvalue weighted by molar-refractivity contribution is 5.77. The summed E-state index contributed by atoms with van der Waals surface area (Å²) < 4.78 is 4.84. The molecular formula is C15H22N2O3. The minimum Gasteiger partial charge on any atom is -0.388 e. The number of nitrogens with one attached hydrogen (secondary N) is 2. The zero-order chi connectivity index (χ0) is 14.6. The fourth-order valence-corrected chi connectivity index (χ4v) is 2.67. The number of ether oxygens (including phenoxy) is 1. The molecule has 3 unspecified atom stereocenters. The highest BCUT2D eigenvalue weighted by Crippen LogP contribution is 2.30. The van der Waals surface area contributed by atoms with Crippen molar-refractivity contribution in [3.8, 4) is 0 Å². The summed E-state index contributed by atoms with van der Waals surface area (Å²) in [7, 11) is 1.48. The van der Waals surface area contributed by atoms with E-state index >= 15 is 0 Å². The van der Waals surface area contributed by atoms with Crippen LogP contribution in [0.25, 0.3) is 0 Å². The van der Waals surface area contributed by atoms with E-state index in [0.717, 1.165) is 5.56 Å². The summed E-state index contributed by atoms with van der Waals surface area (Å²) >= 11 is 0. The van der Waals surface area contributed by atoms with Crippen LogP contribution in [0.5, 0.6) is 0 Å². The maximum Gasteiger partial charge on any atom is 0.246 e. The first-order valence-electron chi connectivity index (χ1n) is 6.83. The van der Waals surface area contributed by atoms with Crippen molar-refractivity contribution >= 4 is 5.91 Å². The Hall–Kier alpha value is -1.43. The predicted octanol–water partition coefficient (Wildman–Crippen LogP) is 0.603. The minimum absolute atomic E-state index is 0.00586. The molecule has 1 aromatic rings. The third kappa shape index (κ3) is 3.36. The second kappa shape index (κ2) is 6.35. The number of carbonyl (C=O) groups excluding carboxylic acids is 1. The van der Waals surface area contributed by atoms with Crippen LogP contribution in [-0.4, -0.2) is 42.9 Å². The first kappa shape index (κ1) is 15.0. The summed E-state index contributed by atoms with van der Waals surface area (Å²) in [5.74, 6) is -0.220. The smallest absolute Gasteiger partial charge is 0.246 e. The summed E-state index contributed by atoms with van der Waals surface area (Å²) in [6, 6.07) is 9.34. The fourth-order valence-electron chi connectivity index (χ4n) is 2.67. The van der Waals surface area contributed by atoms with E-state index in [2.05, 4.69) is 10.6 Å². The van der Waals surface area contributed by atoms with Crippen LogP contribution in [0, 0.1) is 0 Å². The molecule has 1 fully saturated rings. The fraction of sp³-hybridized carbons (Fsp3) is 0.533. The molecular weight excluding hydrogens is 256 g/mol. The molecule has 5 heteroatoms. The van der Waals surface area contributed by atoms with Crippen molar-refractivity contribution in [2.75, 3.05) is 20.3 Å². The lowest BCUT2D eigenvalue weighted by molar-refractivity contribution is -0.129. The van der Waals surface area contributed by atoms with Crippen molar-refractivity contribution in [1.29, 1.82) is 0 Å². The van der Waals surface area contributed by atoms with Crippen LogP contribution >= 0.6 is 0 Å². The van der Waals surface area contributed by atoms with E-state index in [4.69, 9.17) is 4.74 Å². The van der Waals surface area contributed by atoms with E-state index in [1.54, 1.807) is 6.92 Å². The third-order valence-corrected chi connectivity index (χ3v) is 3.75. The summed E-state index contributed by atoms with van der Waals surface area (Å²) in [6.45, 7) is 2.47. The first-order chi connectivity index (χ1) is 9.54. The molecule has 110 valence electrons. The Morgan fingerprint density at radius 3 is 2.85 bits per heavy atom. The van der Waals surface area contributed by atoms with Crippen molar-refractivity contribution in [3.63, 3.8) is 0 Å². The van der Waals surface area contributed by atoms with Gasteiger partial charge in [-0.25, -0.2) is 0 Å². The highest BCUT2D eigenvalue weighted by atomic mass is 16.5. The van der Waals surface area contributed by atoms with Gasteiger partial charge in [0.15, 0.2) is 0 Å². The molecule has 0 saturated carbocycles. The van der Waals surface area contributed by atoms with Crippen molar-refractivity contribution in [2.24, 2.45) is 0 Å². The van der Waals surface area contributed by atoms with Gasteiger partial charge >= 0.3 is 0 Å². The summed E-state index contributed by atoms with van der Waals surface area (Å²) in [6.07, 6.45) is 0.592. The second-order valence-electron chi connectivity index (χ2n) is 5.43. The number of hydrogen-bond donors (Lipinski definition) is 3. The first-order valence-corrected chi connectivity index (χ1v) is 6.83. The molecule has 3 N–H and O–H groups in total. The van der Waals surface area contributed by atoms with E-state index in [-0.39, 0.29) is 24.6 Å². The van der Waals surface area contributed by atoms with Crippen LogP contribution in [0.4, 0.5) is 0 Å². The molecule has 1 aliphatic heterocycles. The minimum atomic E-state index is -0.949. The summed E-state index contributed by atoms with van der Waals surface area (Å²) in [4.78, 5) is 11.8. The number of rotatable bonds is 4. The Kier molecular flexibility index (Phi) is 4.75. The zero-order valence-corrected chi connectivity index (χ0v) is 11.9. The average Bonchev–Trinajstić information content (AvgIpc) is 2.42. The Morgan fingerprint density at radius 2 is 2.20 bits per heavy atom. The molecule has 20 heavy (non-hydrogen) atoms. The van der Waals surface area contributed by atoms with Gasteiger partial charge < -0.3 is 20.5 Å². The molecule has 1 aromatic carbocycles. The van der Waals surface area contributed by atoms with Crippen LogP contribution in [-0.2, 0) is 9.53 Å². The maximum absolute atomic E-state index is 11.8. The van der Waals surface area contributed by atoms with Gasteiger partial charge in [0.05, 0.1) is 17.7 Å². The van der Waals surface area contributed by atoms with Gasteiger partial charge in [-0.1, -0.05) is 30.3 Å². The van der Waals surface area contributed by atoms with Gasteiger partial charge in [-0.2, -0.15) is 0 Å². The van der Waals surface area contributed by atoms with Gasteiger partial charge in [0.25, 0.3) is 0 Å². The zero-order valence-electron chi connectivity index (χ0n) is 11.9. The number of amides is 1. The van der Waals surface area contributed by atoms with Crippen LogP contribution < -0.4 is 10.6 Å². The molecule has 1 aliphatic rings. The molecule has 0 aromatic heterocycles. The molecule has 0 aliphatic carbocycles. The number of methoxy groups -OCH3 is 1. The summed E-state index contributed by atoms with van der Waals surface area (Å²) in [5.41, 5.74) is 0.102. The topological polar surface area (TPSA) is 70.6 Å². The van der Waals surface area contributed by atoms with E-state index in [1.807, 2.05) is 30.3 Å². The van der Waals surface area contributed by atoms with Crippen molar-refractivity contribution in [1.82, 2.24) is 10.6 Å². The van der Waals surface area contributed by atoms with E-state index < -0.39 is 5.60 Å². The molecule has 0 spiro atoms. The van der Waals surface area contributed by atoms with Crippen molar-refractivity contribution in [3.05, 3.63) is 35.9 Å². The van der Waals surface area contributed by atoms with Gasteiger partial charge in [-0.3, -0.25) is 4.79 Å². The molecule has 3 atom stereocenters. The number of aliphatic hydroxyl groups is 1. The van der Waals surface area contributed by atoms with E-state index in [9.17, 15) is 9.90 Å². The SMILES string of the molecule is COCC(=O)NC1C(c2ccccc2)NCCC1(C)O. The highest BCUT2D eigenvalue weighted by Gasteiger charge is 2.42. The normalized spacial score (nSPS) is 29.9. The third-order valence-electron chi connectivity index (χ3n) is 3.75. The second-order valence-corrected chi connectivity index (χ2v) is 5.43. The molecule has 1 amide bonds. The van der Waals surface area contributed by atoms with Gasteiger partial charge in [0.1, 0.15) is 6.61 Å². The van der Waals surface area contributed by atoms with Crippen molar-refractivity contribution in [2.45, 2.75) is 31.0 Å². The predicted molar refractivity (Wildman–Crippen MR) is 76.2 cm³/mol. The van der Waals surface area contributed by atoms with E-state index in [1.165, 1.54) is 7.11 Å². The van der Waals surface area contributed by atoms with Gasteiger partial charge in [-0.05, 0) is 25.5 Å². The Bertz CT molecular complexity index is 448. The molecule has 2 rings (SSSR count).